The lowest BCUT2D eigenvalue weighted by atomic mass is 10.1. The van der Waals surface area contributed by atoms with Gasteiger partial charge in [-0.25, -0.2) is 4.39 Å². The Morgan fingerprint density at radius 2 is 1.75 bits per heavy atom. The maximum atomic E-state index is 13.1. The number of nitrogens with zero attached hydrogens (tertiary/aromatic N) is 4. The van der Waals surface area contributed by atoms with Crippen molar-refractivity contribution in [3.05, 3.63) is 47.5 Å². The third-order valence-corrected chi connectivity index (χ3v) is 5.32. The summed E-state index contributed by atoms with van der Waals surface area (Å²) in [6, 6.07) is 7.88. The molecule has 1 amide bonds. The highest BCUT2D eigenvalue weighted by atomic mass is 19.1. The molecule has 4 rings (SSSR count). The van der Waals surface area contributed by atoms with E-state index in [2.05, 4.69) is 10.2 Å². The average Bonchev–Trinajstić information content (AvgIpc) is 3.30. The Morgan fingerprint density at radius 1 is 1.07 bits per heavy atom. The van der Waals surface area contributed by atoms with Crippen LogP contribution >= 0.6 is 0 Å². The molecule has 28 heavy (non-hydrogen) atoms. The predicted octanol–water partition coefficient (Wildman–Crippen LogP) is 3.97. The van der Waals surface area contributed by atoms with Crippen molar-refractivity contribution in [3.8, 4) is 22.9 Å². The molecule has 0 radical (unpaired) electrons. The van der Waals surface area contributed by atoms with E-state index in [0.29, 0.717) is 23.9 Å². The van der Waals surface area contributed by atoms with Crippen molar-refractivity contribution in [2.45, 2.75) is 39.7 Å². The second-order valence-corrected chi connectivity index (χ2v) is 7.23. The largest absolute Gasteiger partial charge is 0.416 e. The van der Waals surface area contributed by atoms with Crippen LogP contribution in [0.2, 0.25) is 0 Å². The maximum Gasteiger partial charge on any atom is 0.249 e. The predicted molar refractivity (Wildman–Crippen MR) is 103 cm³/mol. The van der Waals surface area contributed by atoms with Crippen LogP contribution in [0.15, 0.2) is 34.7 Å². The molecule has 2 aromatic heterocycles. The van der Waals surface area contributed by atoms with Crippen LogP contribution in [0.3, 0.4) is 0 Å². The highest BCUT2D eigenvalue weighted by Crippen LogP contribution is 2.29. The van der Waals surface area contributed by atoms with Gasteiger partial charge >= 0.3 is 0 Å². The number of piperidine rings is 1. The molecule has 0 bridgehead atoms. The molecule has 0 N–H and O–H groups in total. The van der Waals surface area contributed by atoms with Crippen molar-refractivity contribution >= 4 is 5.91 Å². The number of halogens is 1. The maximum absolute atomic E-state index is 13.1. The van der Waals surface area contributed by atoms with Crippen LogP contribution < -0.4 is 0 Å². The fourth-order valence-electron chi connectivity index (χ4n) is 3.68. The van der Waals surface area contributed by atoms with Gasteiger partial charge < -0.3 is 13.9 Å². The van der Waals surface area contributed by atoms with Gasteiger partial charge in [0.25, 0.3) is 0 Å². The van der Waals surface area contributed by atoms with E-state index in [9.17, 15) is 9.18 Å². The third kappa shape index (κ3) is 3.56. The lowest BCUT2D eigenvalue weighted by molar-refractivity contribution is -0.132. The van der Waals surface area contributed by atoms with E-state index in [1.165, 1.54) is 18.6 Å². The van der Waals surface area contributed by atoms with Gasteiger partial charge in [0.05, 0.1) is 5.56 Å². The van der Waals surface area contributed by atoms with Gasteiger partial charge in [0, 0.05) is 30.0 Å². The van der Waals surface area contributed by atoms with E-state index in [4.69, 9.17) is 4.42 Å². The summed E-state index contributed by atoms with van der Waals surface area (Å²) in [6.07, 6.45) is 3.35. The van der Waals surface area contributed by atoms with Crippen LogP contribution in [0.25, 0.3) is 22.9 Å². The van der Waals surface area contributed by atoms with Crippen molar-refractivity contribution in [1.29, 1.82) is 0 Å². The molecular formula is C21H23FN4O2. The van der Waals surface area contributed by atoms with Gasteiger partial charge in [-0.3, -0.25) is 4.79 Å². The lowest BCUT2D eigenvalue weighted by Crippen LogP contribution is -2.38. The van der Waals surface area contributed by atoms with Gasteiger partial charge in [-0.05, 0) is 63.4 Å². The number of hydrogen-bond donors (Lipinski definition) is 0. The van der Waals surface area contributed by atoms with Crippen LogP contribution in [0, 0.1) is 19.7 Å². The topological polar surface area (TPSA) is 64.2 Å². The molecule has 3 aromatic rings. The molecule has 1 aromatic carbocycles. The molecule has 0 atom stereocenters. The first-order chi connectivity index (χ1) is 13.5. The van der Waals surface area contributed by atoms with Crippen molar-refractivity contribution in [3.63, 3.8) is 0 Å². The number of rotatable bonds is 4. The first-order valence-corrected chi connectivity index (χ1v) is 9.57. The number of aromatic nitrogens is 3. The second-order valence-electron chi connectivity index (χ2n) is 7.23. The highest BCUT2D eigenvalue weighted by Gasteiger charge is 2.21. The Labute approximate surface area is 163 Å². The zero-order chi connectivity index (χ0) is 19.7. The Hall–Kier alpha value is -2.96. The van der Waals surface area contributed by atoms with Gasteiger partial charge in [0.15, 0.2) is 0 Å². The number of benzene rings is 1. The summed E-state index contributed by atoms with van der Waals surface area (Å²) in [4.78, 5) is 14.6. The third-order valence-electron chi connectivity index (χ3n) is 5.32. The van der Waals surface area contributed by atoms with Crippen molar-refractivity contribution in [2.24, 2.45) is 0 Å². The molecule has 0 unspecified atom stereocenters. The SMILES string of the molecule is Cc1cc(-c2nnc(-c3ccc(F)cc3)o2)c(C)n1CC(=O)N1CCCCC1. The smallest absolute Gasteiger partial charge is 0.249 e. The molecule has 6 nitrogen and oxygen atoms in total. The van der Waals surface area contributed by atoms with E-state index in [1.807, 2.05) is 29.4 Å². The summed E-state index contributed by atoms with van der Waals surface area (Å²) in [5.74, 6) is 0.560. The van der Waals surface area contributed by atoms with Gasteiger partial charge in [-0.1, -0.05) is 0 Å². The summed E-state index contributed by atoms with van der Waals surface area (Å²) in [5, 5.41) is 8.23. The van der Waals surface area contributed by atoms with E-state index >= 15 is 0 Å². The van der Waals surface area contributed by atoms with Crippen LogP contribution in [0.1, 0.15) is 30.7 Å². The Balaban J connectivity index is 1.57. The van der Waals surface area contributed by atoms with E-state index in [0.717, 1.165) is 42.9 Å². The zero-order valence-electron chi connectivity index (χ0n) is 16.1. The quantitative estimate of drug-likeness (QED) is 0.685. The van der Waals surface area contributed by atoms with Gasteiger partial charge in [0.1, 0.15) is 12.4 Å². The highest BCUT2D eigenvalue weighted by molar-refractivity contribution is 5.77. The van der Waals surface area contributed by atoms with Crippen molar-refractivity contribution in [1.82, 2.24) is 19.7 Å². The number of amides is 1. The summed E-state index contributed by atoms with van der Waals surface area (Å²) in [7, 11) is 0. The van der Waals surface area contributed by atoms with Crippen LogP contribution in [0.5, 0.6) is 0 Å². The first-order valence-electron chi connectivity index (χ1n) is 9.57. The summed E-state index contributed by atoms with van der Waals surface area (Å²) in [5.41, 5.74) is 3.36. The Kier molecular flexibility index (Phi) is 4.98. The number of likely N-dealkylation sites (tertiary alicyclic amines) is 1. The van der Waals surface area contributed by atoms with Gasteiger partial charge in [0.2, 0.25) is 17.7 Å². The molecule has 3 heterocycles. The zero-order valence-corrected chi connectivity index (χ0v) is 16.1. The number of hydrogen-bond acceptors (Lipinski definition) is 4. The van der Waals surface area contributed by atoms with Crippen molar-refractivity contribution < 1.29 is 13.6 Å². The van der Waals surface area contributed by atoms with Crippen LogP contribution in [0.4, 0.5) is 4.39 Å². The lowest BCUT2D eigenvalue weighted by Gasteiger charge is -2.27. The van der Waals surface area contributed by atoms with E-state index < -0.39 is 0 Å². The van der Waals surface area contributed by atoms with Gasteiger partial charge in [-0.15, -0.1) is 10.2 Å². The van der Waals surface area contributed by atoms with E-state index in [1.54, 1.807) is 12.1 Å². The summed E-state index contributed by atoms with van der Waals surface area (Å²) < 4.78 is 20.9. The summed E-state index contributed by atoms with van der Waals surface area (Å²) in [6.45, 7) is 5.92. The van der Waals surface area contributed by atoms with Crippen molar-refractivity contribution in [2.75, 3.05) is 13.1 Å². The molecule has 1 fully saturated rings. The fourth-order valence-corrected chi connectivity index (χ4v) is 3.68. The molecule has 1 aliphatic rings. The second kappa shape index (κ2) is 7.58. The van der Waals surface area contributed by atoms with Crippen LogP contribution in [-0.4, -0.2) is 38.7 Å². The minimum absolute atomic E-state index is 0.144. The molecule has 1 saturated heterocycles. The Morgan fingerprint density at radius 3 is 2.46 bits per heavy atom. The molecule has 146 valence electrons. The molecule has 0 spiro atoms. The minimum atomic E-state index is -0.314. The normalized spacial score (nSPS) is 14.5. The fraction of sp³-hybridized carbons (Fsp3) is 0.381. The molecule has 0 aliphatic carbocycles. The summed E-state index contributed by atoms with van der Waals surface area (Å²) >= 11 is 0. The molecule has 1 aliphatic heterocycles. The van der Waals surface area contributed by atoms with Gasteiger partial charge in [-0.2, -0.15) is 0 Å². The first kappa shape index (κ1) is 18.4. The molecular weight excluding hydrogens is 359 g/mol. The molecule has 7 heteroatoms. The van der Waals surface area contributed by atoms with E-state index in [-0.39, 0.29) is 11.7 Å². The Bertz CT molecular complexity index is 985. The molecule has 0 saturated carbocycles. The standard InChI is InChI=1S/C21H23FN4O2/c1-14-12-18(15(2)26(14)13-19(27)25-10-4-3-5-11-25)21-24-23-20(28-21)16-6-8-17(22)9-7-16/h6-9,12H,3-5,10-11,13H2,1-2H3. The monoisotopic (exact) mass is 382 g/mol. The van der Waals surface area contributed by atoms with Crippen LogP contribution in [-0.2, 0) is 11.3 Å². The number of carbonyl (C=O) groups is 1. The number of carbonyl (C=O) groups excluding carboxylic acids is 1. The average molecular weight is 382 g/mol. The number of aryl methyl sites for hydroxylation is 1. The minimum Gasteiger partial charge on any atom is -0.416 e.